The molecule has 90 valence electrons. The van der Waals surface area contributed by atoms with Gasteiger partial charge in [0.15, 0.2) is 0 Å². The molecule has 1 heterocycles. The third-order valence-corrected chi connectivity index (χ3v) is 5.12. The van der Waals surface area contributed by atoms with Crippen LogP contribution in [0.5, 0.6) is 0 Å². The zero-order chi connectivity index (χ0) is 11.1. The SMILES string of the molecule is CNCCCS(=O)(=O)NCC1CCSC1. The number of thioether (sulfide) groups is 1. The fraction of sp³-hybridized carbons (Fsp3) is 1.00. The van der Waals surface area contributed by atoms with Crippen LogP contribution in [-0.4, -0.2) is 45.8 Å². The van der Waals surface area contributed by atoms with Crippen LogP contribution >= 0.6 is 11.8 Å². The zero-order valence-electron chi connectivity index (χ0n) is 9.16. The Balaban J connectivity index is 2.17. The van der Waals surface area contributed by atoms with E-state index >= 15 is 0 Å². The summed E-state index contributed by atoms with van der Waals surface area (Å²) in [6.45, 7) is 1.37. The van der Waals surface area contributed by atoms with E-state index in [1.807, 2.05) is 18.8 Å². The van der Waals surface area contributed by atoms with Gasteiger partial charge in [0.25, 0.3) is 0 Å². The van der Waals surface area contributed by atoms with Crippen molar-refractivity contribution in [2.45, 2.75) is 12.8 Å². The average Bonchev–Trinajstić information content (AvgIpc) is 2.68. The zero-order valence-corrected chi connectivity index (χ0v) is 10.8. The van der Waals surface area contributed by atoms with E-state index in [2.05, 4.69) is 10.0 Å². The van der Waals surface area contributed by atoms with Crippen molar-refractivity contribution in [1.29, 1.82) is 0 Å². The molecule has 2 N–H and O–H groups in total. The van der Waals surface area contributed by atoms with Crippen LogP contribution < -0.4 is 10.0 Å². The van der Waals surface area contributed by atoms with Gasteiger partial charge in [0.1, 0.15) is 0 Å². The van der Waals surface area contributed by atoms with E-state index in [-0.39, 0.29) is 5.75 Å². The number of hydrogen-bond donors (Lipinski definition) is 2. The molecular weight excluding hydrogens is 232 g/mol. The highest BCUT2D eigenvalue weighted by Gasteiger charge is 2.18. The van der Waals surface area contributed by atoms with Gasteiger partial charge >= 0.3 is 0 Å². The lowest BCUT2D eigenvalue weighted by atomic mass is 10.1. The summed E-state index contributed by atoms with van der Waals surface area (Å²) in [4.78, 5) is 0. The highest BCUT2D eigenvalue weighted by atomic mass is 32.2. The van der Waals surface area contributed by atoms with Gasteiger partial charge < -0.3 is 5.32 Å². The van der Waals surface area contributed by atoms with Crippen LogP contribution in [0.4, 0.5) is 0 Å². The van der Waals surface area contributed by atoms with Crippen LogP contribution in [0.25, 0.3) is 0 Å². The van der Waals surface area contributed by atoms with Crippen LogP contribution in [0.3, 0.4) is 0 Å². The summed E-state index contributed by atoms with van der Waals surface area (Å²) in [5.74, 6) is 3.04. The van der Waals surface area contributed by atoms with Gasteiger partial charge in [-0.15, -0.1) is 0 Å². The van der Waals surface area contributed by atoms with Gasteiger partial charge in [0.2, 0.25) is 10.0 Å². The molecular formula is C9H20N2O2S2. The summed E-state index contributed by atoms with van der Waals surface area (Å²) in [5, 5.41) is 2.94. The summed E-state index contributed by atoms with van der Waals surface area (Å²) < 4.78 is 25.7. The Labute approximate surface area is 96.6 Å². The molecule has 1 saturated heterocycles. The first kappa shape index (κ1) is 13.3. The van der Waals surface area contributed by atoms with E-state index in [4.69, 9.17) is 0 Å². The highest BCUT2D eigenvalue weighted by molar-refractivity contribution is 7.99. The Bertz CT molecular complexity index is 261. The van der Waals surface area contributed by atoms with Crippen molar-refractivity contribution in [3.05, 3.63) is 0 Å². The second kappa shape index (κ2) is 6.73. The van der Waals surface area contributed by atoms with Crippen molar-refractivity contribution in [1.82, 2.24) is 10.0 Å². The molecule has 1 aliphatic heterocycles. The van der Waals surface area contributed by atoms with Gasteiger partial charge in [-0.1, -0.05) is 0 Å². The molecule has 0 amide bonds. The predicted molar refractivity (Wildman–Crippen MR) is 65.8 cm³/mol. The largest absolute Gasteiger partial charge is 0.320 e. The fourth-order valence-corrected chi connectivity index (χ4v) is 3.94. The van der Waals surface area contributed by atoms with Crippen LogP contribution in [0.1, 0.15) is 12.8 Å². The topological polar surface area (TPSA) is 58.2 Å². The van der Waals surface area contributed by atoms with Gasteiger partial charge in [-0.2, -0.15) is 11.8 Å². The third kappa shape index (κ3) is 5.75. The first-order chi connectivity index (χ1) is 7.14. The summed E-state index contributed by atoms with van der Waals surface area (Å²) in [6.07, 6.45) is 1.81. The molecule has 4 nitrogen and oxygen atoms in total. The standard InChI is InChI=1S/C9H20N2O2S2/c1-10-4-2-6-15(12,13)11-7-9-3-5-14-8-9/h9-11H,2-8H2,1H3. The van der Waals surface area contributed by atoms with Crippen molar-refractivity contribution >= 4 is 21.8 Å². The molecule has 0 saturated carbocycles. The molecule has 0 radical (unpaired) electrons. The molecule has 0 aromatic heterocycles. The molecule has 1 unspecified atom stereocenters. The first-order valence-electron chi connectivity index (χ1n) is 5.34. The Morgan fingerprint density at radius 3 is 2.87 bits per heavy atom. The lowest BCUT2D eigenvalue weighted by molar-refractivity contribution is 0.543. The number of rotatable bonds is 7. The molecule has 0 aromatic rings. The third-order valence-electron chi connectivity index (χ3n) is 2.46. The predicted octanol–water partition coefficient (Wildman–Crippen LogP) is 0.268. The molecule has 0 aromatic carbocycles. The summed E-state index contributed by atoms with van der Waals surface area (Å²) in [5.41, 5.74) is 0. The second-order valence-corrected chi connectivity index (χ2v) is 6.93. The molecule has 1 fully saturated rings. The number of hydrogen-bond acceptors (Lipinski definition) is 4. The van der Waals surface area contributed by atoms with Crippen molar-refractivity contribution in [3.63, 3.8) is 0 Å². The van der Waals surface area contributed by atoms with E-state index in [1.54, 1.807) is 0 Å². The number of sulfonamides is 1. The van der Waals surface area contributed by atoms with Gasteiger partial charge in [0.05, 0.1) is 5.75 Å². The minimum atomic E-state index is -3.04. The Hall–Kier alpha value is 0.220. The molecule has 15 heavy (non-hydrogen) atoms. The van der Waals surface area contributed by atoms with Crippen molar-refractivity contribution in [2.75, 3.05) is 37.4 Å². The number of nitrogens with one attached hydrogen (secondary N) is 2. The second-order valence-electron chi connectivity index (χ2n) is 3.85. The lowest BCUT2D eigenvalue weighted by Crippen LogP contribution is -2.32. The monoisotopic (exact) mass is 252 g/mol. The van der Waals surface area contributed by atoms with Crippen LogP contribution in [0.15, 0.2) is 0 Å². The minimum Gasteiger partial charge on any atom is -0.320 e. The van der Waals surface area contributed by atoms with Gasteiger partial charge in [-0.3, -0.25) is 0 Å². The molecule has 1 atom stereocenters. The Morgan fingerprint density at radius 2 is 2.27 bits per heavy atom. The lowest BCUT2D eigenvalue weighted by Gasteiger charge is -2.10. The fourth-order valence-electron chi connectivity index (χ4n) is 1.50. The summed E-state index contributed by atoms with van der Waals surface area (Å²) in [6, 6.07) is 0. The van der Waals surface area contributed by atoms with E-state index < -0.39 is 10.0 Å². The van der Waals surface area contributed by atoms with Crippen molar-refractivity contribution in [3.8, 4) is 0 Å². The maximum atomic E-state index is 11.5. The average molecular weight is 252 g/mol. The van der Waals surface area contributed by atoms with Crippen molar-refractivity contribution in [2.24, 2.45) is 5.92 Å². The summed E-state index contributed by atoms with van der Waals surface area (Å²) >= 11 is 1.91. The van der Waals surface area contributed by atoms with Gasteiger partial charge in [-0.25, -0.2) is 13.1 Å². The van der Waals surface area contributed by atoms with Gasteiger partial charge in [-0.05, 0) is 43.9 Å². The molecule has 0 aliphatic carbocycles. The van der Waals surface area contributed by atoms with Gasteiger partial charge in [0, 0.05) is 6.54 Å². The summed E-state index contributed by atoms with van der Waals surface area (Å²) in [7, 11) is -1.21. The highest BCUT2D eigenvalue weighted by Crippen LogP contribution is 2.22. The van der Waals surface area contributed by atoms with E-state index in [1.165, 1.54) is 5.75 Å². The quantitative estimate of drug-likeness (QED) is 0.639. The van der Waals surface area contributed by atoms with Crippen LogP contribution in [-0.2, 0) is 10.0 Å². The van der Waals surface area contributed by atoms with Crippen molar-refractivity contribution < 1.29 is 8.42 Å². The molecule has 0 bridgehead atoms. The van der Waals surface area contributed by atoms with Crippen LogP contribution in [0, 0.1) is 5.92 Å². The van der Waals surface area contributed by atoms with Crippen LogP contribution in [0.2, 0.25) is 0 Å². The molecule has 6 heteroatoms. The smallest absolute Gasteiger partial charge is 0.211 e. The molecule has 0 spiro atoms. The maximum absolute atomic E-state index is 11.5. The Kier molecular flexibility index (Phi) is 5.96. The normalized spacial score (nSPS) is 22.1. The molecule has 1 rings (SSSR count). The van der Waals surface area contributed by atoms with E-state index in [9.17, 15) is 8.42 Å². The maximum Gasteiger partial charge on any atom is 0.211 e. The Morgan fingerprint density at radius 1 is 1.47 bits per heavy atom. The van der Waals surface area contributed by atoms with E-state index in [0.717, 1.165) is 18.7 Å². The minimum absolute atomic E-state index is 0.230. The van der Waals surface area contributed by atoms with E-state index in [0.29, 0.717) is 18.9 Å². The molecule has 1 aliphatic rings. The first-order valence-corrected chi connectivity index (χ1v) is 8.14.